The lowest BCUT2D eigenvalue weighted by molar-refractivity contribution is -0.142. The highest BCUT2D eigenvalue weighted by Gasteiger charge is 2.31. The van der Waals surface area contributed by atoms with Crippen molar-refractivity contribution in [3.05, 3.63) is 54.0 Å². The maximum Gasteiger partial charge on any atom is 0.408 e. The molecule has 1 fully saturated rings. The first-order valence-corrected chi connectivity index (χ1v) is 9.71. The highest BCUT2D eigenvalue weighted by atomic mass is 19.4. The molecular formula is C21H18F3N7O. The number of nitriles is 1. The van der Waals surface area contributed by atoms with Gasteiger partial charge in [0.25, 0.3) is 5.91 Å². The molecule has 4 rings (SSSR count). The lowest BCUT2D eigenvalue weighted by Gasteiger charge is -2.35. The normalized spacial score (nSPS) is 14.0. The van der Waals surface area contributed by atoms with Crippen LogP contribution in [0.4, 0.5) is 24.8 Å². The SMILES string of the molecule is Cc1cnc(Nc2cnn(CC(F)(F)F)c2)nc1-c1ccc(C(=O)N2CC(C#N)C2)cc1. The summed E-state index contributed by atoms with van der Waals surface area (Å²) >= 11 is 0. The molecule has 1 aliphatic heterocycles. The van der Waals surface area contributed by atoms with Crippen molar-refractivity contribution >= 4 is 17.5 Å². The Bertz CT molecular complexity index is 1180. The number of aryl methyl sites for hydroxylation is 1. The minimum Gasteiger partial charge on any atom is -0.336 e. The van der Waals surface area contributed by atoms with E-state index in [-0.39, 0.29) is 17.8 Å². The summed E-state index contributed by atoms with van der Waals surface area (Å²) in [4.78, 5) is 22.7. The highest BCUT2D eigenvalue weighted by Crippen LogP contribution is 2.25. The number of nitrogens with one attached hydrogen (secondary N) is 1. The van der Waals surface area contributed by atoms with Gasteiger partial charge in [0.2, 0.25) is 5.95 Å². The van der Waals surface area contributed by atoms with Gasteiger partial charge >= 0.3 is 6.18 Å². The van der Waals surface area contributed by atoms with Crippen molar-refractivity contribution in [1.29, 1.82) is 5.26 Å². The topological polar surface area (TPSA) is 99.7 Å². The first-order chi connectivity index (χ1) is 15.2. The minimum absolute atomic E-state index is 0.103. The van der Waals surface area contributed by atoms with E-state index >= 15 is 0 Å². The predicted molar refractivity (Wildman–Crippen MR) is 109 cm³/mol. The molecule has 11 heteroatoms. The van der Waals surface area contributed by atoms with Gasteiger partial charge in [-0.1, -0.05) is 12.1 Å². The summed E-state index contributed by atoms with van der Waals surface area (Å²) in [5.41, 5.74) is 3.03. The number of hydrogen-bond donors (Lipinski definition) is 1. The molecule has 0 bridgehead atoms. The number of aromatic nitrogens is 4. The van der Waals surface area contributed by atoms with Gasteiger partial charge in [-0.3, -0.25) is 9.48 Å². The molecular weight excluding hydrogens is 423 g/mol. The first kappa shape index (κ1) is 21.3. The fraction of sp³-hybridized carbons (Fsp3) is 0.286. The molecule has 1 amide bonds. The number of carbonyl (C=O) groups is 1. The molecule has 0 radical (unpaired) electrons. The Labute approximate surface area is 181 Å². The zero-order chi connectivity index (χ0) is 22.9. The average molecular weight is 441 g/mol. The zero-order valence-electron chi connectivity index (χ0n) is 17.0. The van der Waals surface area contributed by atoms with Crippen LogP contribution in [0, 0.1) is 24.2 Å². The molecule has 0 unspecified atom stereocenters. The standard InChI is InChI=1S/C21H18F3N7O/c1-13-7-26-20(28-17-8-27-31(11-17)12-21(22,23)24)29-18(13)15-2-4-16(5-3-15)19(32)30-9-14(6-25)10-30/h2-5,7-8,11,14H,9-10,12H2,1H3,(H,26,28,29). The van der Waals surface area contributed by atoms with Crippen molar-refractivity contribution in [2.45, 2.75) is 19.6 Å². The summed E-state index contributed by atoms with van der Waals surface area (Å²) in [5.74, 6) is -0.0190. The van der Waals surface area contributed by atoms with Crippen LogP contribution in [-0.2, 0) is 6.54 Å². The molecule has 1 N–H and O–H groups in total. The van der Waals surface area contributed by atoms with Crippen molar-refractivity contribution < 1.29 is 18.0 Å². The molecule has 0 spiro atoms. The van der Waals surface area contributed by atoms with Crippen molar-refractivity contribution in [2.24, 2.45) is 5.92 Å². The van der Waals surface area contributed by atoms with E-state index < -0.39 is 12.7 Å². The molecule has 0 saturated carbocycles. The maximum absolute atomic E-state index is 12.5. The lowest BCUT2D eigenvalue weighted by atomic mass is 10.00. The number of halogens is 3. The molecule has 1 saturated heterocycles. The second-order valence-corrected chi connectivity index (χ2v) is 7.51. The van der Waals surface area contributed by atoms with Crippen LogP contribution in [0.1, 0.15) is 15.9 Å². The smallest absolute Gasteiger partial charge is 0.336 e. The van der Waals surface area contributed by atoms with Crippen molar-refractivity contribution in [3.8, 4) is 17.3 Å². The molecule has 32 heavy (non-hydrogen) atoms. The van der Waals surface area contributed by atoms with Gasteiger partial charge in [-0.05, 0) is 24.6 Å². The molecule has 0 atom stereocenters. The summed E-state index contributed by atoms with van der Waals surface area (Å²) in [6, 6.07) is 9.09. The molecule has 3 aromatic rings. The highest BCUT2D eigenvalue weighted by molar-refractivity contribution is 5.95. The Morgan fingerprint density at radius 1 is 1.25 bits per heavy atom. The third-order valence-electron chi connectivity index (χ3n) is 4.96. The molecule has 0 aliphatic carbocycles. The van der Waals surface area contributed by atoms with Crippen LogP contribution in [0.3, 0.4) is 0 Å². The fourth-order valence-corrected chi connectivity index (χ4v) is 3.30. The molecule has 1 aromatic carbocycles. The second kappa shape index (κ2) is 8.30. The van der Waals surface area contributed by atoms with E-state index in [2.05, 4.69) is 26.5 Å². The number of benzene rings is 1. The monoisotopic (exact) mass is 441 g/mol. The third-order valence-corrected chi connectivity index (χ3v) is 4.96. The van der Waals surface area contributed by atoms with Crippen molar-refractivity contribution in [3.63, 3.8) is 0 Å². The van der Waals surface area contributed by atoms with Crippen LogP contribution in [0.2, 0.25) is 0 Å². The van der Waals surface area contributed by atoms with E-state index in [4.69, 9.17) is 5.26 Å². The number of likely N-dealkylation sites (tertiary alicyclic amines) is 1. The van der Waals surface area contributed by atoms with E-state index in [0.29, 0.717) is 30.0 Å². The number of amides is 1. The summed E-state index contributed by atoms with van der Waals surface area (Å²) < 4.78 is 38.3. The molecule has 164 valence electrons. The van der Waals surface area contributed by atoms with E-state index in [0.717, 1.165) is 15.8 Å². The average Bonchev–Trinajstić information content (AvgIpc) is 3.13. The molecule has 1 aliphatic rings. The minimum atomic E-state index is -4.36. The number of anilines is 2. The van der Waals surface area contributed by atoms with Crippen LogP contribution in [0.15, 0.2) is 42.9 Å². The maximum atomic E-state index is 12.5. The zero-order valence-corrected chi connectivity index (χ0v) is 17.0. The Morgan fingerprint density at radius 2 is 1.97 bits per heavy atom. The number of rotatable bonds is 5. The Hall–Kier alpha value is -3.94. The number of alkyl halides is 3. The quantitative estimate of drug-likeness (QED) is 0.650. The number of hydrogen-bond acceptors (Lipinski definition) is 6. The van der Waals surface area contributed by atoms with Crippen LogP contribution in [-0.4, -0.2) is 49.8 Å². The summed E-state index contributed by atoms with van der Waals surface area (Å²) in [7, 11) is 0. The van der Waals surface area contributed by atoms with Crippen LogP contribution in [0.5, 0.6) is 0 Å². The lowest BCUT2D eigenvalue weighted by Crippen LogP contribution is -2.49. The van der Waals surface area contributed by atoms with Crippen molar-refractivity contribution in [2.75, 3.05) is 18.4 Å². The fourth-order valence-electron chi connectivity index (χ4n) is 3.30. The molecule has 2 aromatic heterocycles. The van der Waals surface area contributed by atoms with Crippen molar-refractivity contribution in [1.82, 2.24) is 24.6 Å². The van der Waals surface area contributed by atoms with Crippen LogP contribution < -0.4 is 5.32 Å². The Morgan fingerprint density at radius 3 is 2.62 bits per heavy atom. The first-order valence-electron chi connectivity index (χ1n) is 9.71. The van der Waals surface area contributed by atoms with Gasteiger partial charge in [0.1, 0.15) is 6.54 Å². The molecule has 8 nitrogen and oxygen atoms in total. The van der Waals surface area contributed by atoms with E-state index in [1.165, 1.54) is 12.4 Å². The van der Waals surface area contributed by atoms with E-state index in [9.17, 15) is 18.0 Å². The van der Waals surface area contributed by atoms with Gasteiger partial charge in [0.15, 0.2) is 0 Å². The number of carbonyl (C=O) groups excluding carboxylic acids is 1. The van der Waals surface area contributed by atoms with Crippen LogP contribution in [0.25, 0.3) is 11.3 Å². The summed E-state index contributed by atoms with van der Waals surface area (Å²) in [5, 5.41) is 15.4. The van der Waals surface area contributed by atoms with Gasteiger partial charge in [0.05, 0.1) is 29.6 Å². The van der Waals surface area contributed by atoms with Gasteiger partial charge in [0, 0.05) is 36.6 Å². The third kappa shape index (κ3) is 4.69. The van der Waals surface area contributed by atoms with Gasteiger partial charge in [-0.15, -0.1) is 0 Å². The van der Waals surface area contributed by atoms with Gasteiger partial charge in [-0.2, -0.15) is 23.5 Å². The van der Waals surface area contributed by atoms with E-state index in [1.807, 2.05) is 6.92 Å². The largest absolute Gasteiger partial charge is 0.408 e. The van der Waals surface area contributed by atoms with Gasteiger partial charge < -0.3 is 10.2 Å². The summed E-state index contributed by atoms with van der Waals surface area (Å²) in [6.45, 7) is 1.53. The summed E-state index contributed by atoms with van der Waals surface area (Å²) in [6.07, 6.45) is -0.269. The van der Waals surface area contributed by atoms with Gasteiger partial charge in [-0.25, -0.2) is 9.97 Å². The van der Waals surface area contributed by atoms with E-state index in [1.54, 1.807) is 35.4 Å². The number of nitrogens with zero attached hydrogens (tertiary/aromatic N) is 6. The van der Waals surface area contributed by atoms with Crippen LogP contribution >= 0.6 is 0 Å². The Balaban J connectivity index is 1.48. The predicted octanol–water partition coefficient (Wildman–Crippen LogP) is 3.55. The Kier molecular flexibility index (Phi) is 5.52. The second-order valence-electron chi connectivity index (χ2n) is 7.51. The molecule has 3 heterocycles.